The Labute approximate surface area is 97.7 Å². The molecule has 0 unspecified atom stereocenters. The average Bonchev–Trinajstić information content (AvgIpc) is 2.35. The maximum atomic E-state index is 11.4. The largest absolute Gasteiger partial charge is 0.496 e. The standard InChI is InChI=1S/C11H12O6/c1-15-7-4-6(11(14)17-3)5-8(16-2)9(7)10(12)13/h4-5H,1-3H3,(H,12,13). The predicted octanol–water partition coefficient (Wildman–Crippen LogP) is 1.19. The number of rotatable bonds is 4. The Hall–Kier alpha value is -2.24. The molecular weight excluding hydrogens is 228 g/mol. The van der Waals surface area contributed by atoms with Gasteiger partial charge in [0.25, 0.3) is 0 Å². The SMILES string of the molecule is COC(=O)c1cc(OC)c(C(=O)O)c(OC)c1. The molecule has 0 aromatic heterocycles. The fourth-order valence-electron chi connectivity index (χ4n) is 1.36. The number of methoxy groups -OCH3 is 3. The summed E-state index contributed by atoms with van der Waals surface area (Å²) in [5.41, 5.74) is 0.0221. The van der Waals surface area contributed by atoms with Crippen LogP contribution in [0.2, 0.25) is 0 Å². The molecule has 0 atom stereocenters. The van der Waals surface area contributed by atoms with Crippen LogP contribution in [-0.2, 0) is 4.74 Å². The summed E-state index contributed by atoms with van der Waals surface area (Å²) in [6, 6.07) is 2.58. The molecule has 1 aromatic rings. The number of benzene rings is 1. The lowest BCUT2D eigenvalue weighted by molar-refractivity contribution is 0.0596. The molecule has 0 saturated heterocycles. The van der Waals surface area contributed by atoms with Gasteiger partial charge in [-0.05, 0) is 12.1 Å². The molecule has 17 heavy (non-hydrogen) atoms. The van der Waals surface area contributed by atoms with Crippen LogP contribution in [0.4, 0.5) is 0 Å². The maximum Gasteiger partial charge on any atom is 0.343 e. The molecule has 1 rings (SSSR count). The molecule has 6 nitrogen and oxygen atoms in total. The lowest BCUT2D eigenvalue weighted by Crippen LogP contribution is -2.08. The molecule has 0 fully saturated rings. The van der Waals surface area contributed by atoms with E-state index >= 15 is 0 Å². The van der Waals surface area contributed by atoms with Gasteiger partial charge in [0.2, 0.25) is 0 Å². The third-order valence-corrected chi connectivity index (χ3v) is 2.14. The average molecular weight is 240 g/mol. The van der Waals surface area contributed by atoms with Crippen LogP contribution in [-0.4, -0.2) is 38.4 Å². The van der Waals surface area contributed by atoms with Gasteiger partial charge in [-0.1, -0.05) is 0 Å². The summed E-state index contributed by atoms with van der Waals surface area (Å²) in [5, 5.41) is 9.02. The van der Waals surface area contributed by atoms with E-state index in [1.165, 1.54) is 33.5 Å². The van der Waals surface area contributed by atoms with E-state index in [1.807, 2.05) is 0 Å². The van der Waals surface area contributed by atoms with Crippen molar-refractivity contribution in [2.24, 2.45) is 0 Å². The molecule has 1 N–H and O–H groups in total. The lowest BCUT2D eigenvalue weighted by Gasteiger charge is -2.11. The summed E-state index contributed by atoms with van der Waals surface area (Å²) in [7, 11) is 3.84. The number of aromatic carboxylic acids is 1. The van der Waals surface area contributed by atoms with Crippen LogP contribution in [0.5, 0.6) is 11.5 Å². The van der Waals surface area contributed by atoms with Crippen LogP contribution in [0.15, 0.2) is 12.1 Å². The van der Waals surface area contributed by atoms with E-state index in [1.54, 1.807) is 0 Å². The number of hydrogen-bond donors (Lipinski definition) is 1. The first kappa shape index (κ1) is 12.8. The van der Waals surface area contributed by atoms with Crippen molar-refractivity contribution in [1.29, 1.82) is 0 Å². The fourth-order valence-corrected chi connectivity index (χ4v) is 1.36. The van der Waals surface area contributed by atoms with E-state index < -0.39 is 11.9 Å². The van der Waals surface area contributed by atoms with Gasteiger partial charge in [0.1, 0.15) is 17.1 Å². The molecule has 0 aliphatic carbocycles. The molecule has 0 spiro atoms. The highest BCUT2D eigenvalue weighted by molar-refractivity contribution is 5.98. The van der Waals surface area contributed by atoms with Crippen molar-refractivity contribution in [1.82, 2.24) is 0 Å². The van der Waals surface area contributed by atoms with Gasteiger partial charge < -0.3 is 19.3 Å². The van der Waals surface area contributed by atoms with Crippen LogP contribution < -0.4 is 9.47 Å². The smallest absolute Gasteiger partial charge is 0.343 e. The third kappa shape index (κ3) is 2.47. The molecular formula is C11H12O6. The number of esters is 1. The topological polar surface area (TPSA) is 82.1 Å². The van der Waals surface area contributed by atoms with Gasteiger partial charge in [0.15, 0.2) is 0 Å². The number of carboxylic acids is 1. The molecule has 0 aliphatic heterocycles. The third-order valence-electron chi connectivity index (χ3n) is 2.14. The van der Waals surface area contributed by atoms with Crippen molar-refractivity contribution in [2.45, 2.75) is 0 Å². The normalized spacial score (nSPS) is 9.59. The number of ether oxygens (including phenoxy) is 3. The molecule has 0 heterocycles. The summed E-state index contributed by atoms with van der Waals surface area (Å²) >= 11 is 0. The van der Waals surface area contributed by atoms with Gasteiger partial charge in [0, 0.05) is 0 Å². The Morgan fingerprint density at radius 2 is 1.53 bits per heavy atom. The zero-order chi connectivity index (χ0) is 13.0. The Bertz CT molecular complexity index is 426. The van der Waals surface area contributed by atoms with Crippen LogP contribution in [0, 0.1) is 0 Å². The van der Waals surface area contributed by atoms with Gasteiger partial charge in [-0.2, -0.15) is 0 Å². The van der Waals surface area contributed by atoms with Crippen LogP contribution >= 0.6 is 0 Å². The Morgan fingerprint density at radius 1 is 1.06 bits per heavy atom. The van der Waals surface area contributed by atoms with Crippen LogP contribution in [0.25, 0.3) is 0 Å². The molecule has 0 aliphatic rings. The molecule has 0 amide bonds. The van der Waals surface area contributed by atoms with E-state index in [-0.39, 0.29) is 22.6 Å². The second kappa shape index (κ2) is 5.20. The minimum Gasteiger partial charge on any atom is -0.496 e. The van der Waals surface area contributed by atoms with Gasteiger partial charge in [-0.15, -0.1) is 0 Å². The second-order valence-electron chi connectivity index (χ2n) is 3.05. The van der Waals surface area contributed by atoms with Gasteiger partial charge in [-0.3, -0.25) is 0 Å². The van der Waals surface area contributed by atoms with Crippen molar-refractivity contribution in [3.05, 3.63) is 23.3 Å². The Morgan fingerprint density at radius 3 is 1.82 bits per heavy atom. The van der Waals surface area contributed by atoms with Gasteiger partial charge >= 0.3 is 11.9 Å². The molecule has 0 bridgehead atoms. The van der Waals surface area contributed by atoms with Crippen molar-refractivity contribution < 1.29 is 28.9 Å². The number of carbonyl (C=O) groups excluding carboxylic acids is 1. The first-order valence-electron chi connectivity index (χ1n) is 4.62. The molecule has 92 valence electrons. The highest BCUT2D eigenvalue weighted by atomic mass is 16.5. The van der Waals surface area contributed by atoms with Crippen LogP contribution in [0.3, 0.4) is 0 Å². The minimum absolute atomic E-state index is 0.0391. The highest BCUT2D eigenvalue weighted by Crippen LogP contribution is 2.30. The fraction of sp³-hybridized carbons (Fsp3) is 0.273. The summed E-state index contributed by atoms with van der Waals surface area (Å²) in [5.74, 6) is -1.72. The summed E-state index contributed by atoms with van der Waals surface area (Å²) in [6.45, 7) is 0. The maximum absolute atomic E-state index is 11.4. The summed E-state index contributed by atoms with van der Waals surface area (Å²) < 4.78 is 14.4. The van der Waals surface area contributed by atoms with E-state index in [2.05, 4.69) is 4.74 Å². The van der Waals surface area contributed by atoms with Crippen molar-refractivity contribution in [3.8, 4) is 11.5 Å². The first-order chi connectivity index (χ1) is 8.04. The lowest BCUT2D eigenvalue weighted by atomic mass is 10.1. The van der Waals surface area contributed by atoms with E-state index in [0.717, 1.165) is 0 Å². The molecule has 0 radical (unpaired) electrons. The highest BCUT2D eigenvalue weighted by Gasteiger charge is 2.21. The number of hydrogen-bond acceptors (Lipinski definition) is 5. The molecule has 1 aromatic carbocycles. The Kier molecular flexibility index (Phi) is 3.92. The van der Waals surface area contributed by atoms with Crippen LogP contribution in [0.1, 0.15) is 20.7 Å². The summed E-state index contributed by atoms with van der Waals surface area (Å²) in [4.78, 5) is 22.4. The first-order valence-corrected chi connectivity index (χ1v) is 4.62. The van der Waals surface area contributed by atoms with Crippen molar-refractivity contribution >= 4 is 11.9 Å². The minimum atomic E-state index is -1.20. The Balaban J connectivity index is 3.44. The zero-order valence-corrected chi connectivity index (χ0v) is 9.64. The summed E-state index contributed by atoms with van der Waals surface area (Å²) in [6.07, 6.45) is 0. The van der Waals surface area contributed by atoms with E-state index in [0.29, 0.717) is 0 Å². The van der Waals surface area contributed by atoms with Crippen molar-refractivity contribution in [2.75, 3.05) is 21.3 Å². The quantitative estimate of drug-likeness (QED) is 0.796. The van der Waals surface area contributed by atoms with Gasteiger partial charge in [0.05, 0.1) is 26.9 Å². The molecule has 0 saturated carbocycles. The van der Waals surface area contributed by atoms with Crippen molar-refractivity contribution in [3.63, 3.8) is 0 Å². The monoisotopic (exact) mass is 240 g/mol. The van der Waals surface area contributed by atoms with E-state index in [9.17, 15) is 9.59 Å². The number of carboxylic acid groups (broad SMARTS) is 1. The molecule has 6 heteroatoms. The predicted molar refractivity (Wildman–Crippen MR) is 57.8 cm³/mol. The van der Waals surface area contributed by atoms with Gasteiger partial charge in [-0.25, -0.2) is 9.59 Å². The van der Waals surface area contributed by atoms with E-state index in [4.69, 9.17) is 14.6 Å². The second-order valence-corrected chi connectivity index (χ2v) is 3.05. The zero-order valence-electron chi connectivity index (χ0n) is 9.64. The number of carbonyl (C=O) groups is 2.